The largest absolute Gasteiger partial charge is 0.388 e. The smallest absolute Gasteiger partial charge is 0.148 e. The van der Waals surface area contributed by atoms with Crippen LogP contribution in [-0.4, -0.2) is 33.8 Å². The number of nitrogens with one attached hydrogen (secondary N) is 1. The van der Waals surface area contributed by atoms with Crippen LogP contribution >= 0.6 is 0 Å². The first kappa shape index (κ1) is 13.6. The lowest BCUT2D eigenvalue weighted by molar-refractivity contribution is 0.0446. The number of β-amino-alcohol motifs (C(OH)–C–C–N with tert-alkyl or cyclic N) is 1. The lowest BCUT2D eigenvalue weighted by Crippen LogP contribution is -2.46. The van der Waals surface area contributed by atoms with Crippen molar-refractivity contribution in [2.45, 2.75) is 51.0 Å². The maximum atomic E-state index is 10.3. The molecule has 1 aromatic heterocycles. The molecule has 20 heavy (non-hydrogen) atoms. The predicted molar refractivity (Wildman–Crippen MR) is 78.6 cm³/mol. The molecule has 2 fully saturated rings. The molecule has 1 aliphatic heterocycles. The zero-order valence-electron chi connectivity index (χ0n) is 12.2. The summed E-state index contributed by atoms with van der Waals surface area (Å²) in [4.78, 5) is 11.4. The van der Waals surface area contributed by atoms with Crippen molar-refractivity contribution in [2.24, 2.45) is 5.84 Å². The van der Waals surface area contributed by atoms with E-state index in [0.717, 1.165) is 49.4 Å². The van der Waals surface area contributed by atoms with Gasteiger partial charge in [0, 0.05) is 24.6 Å². The quantitative estimate of drug-likeness (QED) is 0.570. The maximum Gasteiger partial charge on any atom is 0.148 e. The number of hydrogen-bond acceptors (Lipinski definition) is 6. The van der Waals surface area contributed by atoms with Gasteiger partial charge in [-0.05, 0) is 39.5 Å². The minimum atomic E-state index is -0.647. The number of nitrogens with zero attached hydrogens (tertiary/aromatic N) is 3. The van der Waals surface area contributed by atoms with E-state index >= 15 is 0 Å². The first-order valence-electron chi connectivity index (χ1n) is 7.33. The molecule has 110 valence electrons. The molecule has 1 aliphatic carbocycles. The van der Waals surface area contributed by atoms with E-state index in [-0.39, 0.29) is 0 Å². The molecule has 1 unspecified atom stereocenters. The number of rotatable bonds is 3. The van der Waals surface area contributed by atoms with Gasteiger partial charge in [0.25, 0.3) is 0 Å². The van der Waals surface area contributed by atoms with Crippen molar-refractivity contribution >= 4 is 11.6 Å². The summed E-state index contributed by atoms with van der Waals surface area (Å²) in [6, 6.07) is 0. The van der Waals surface area contributed by atoms with E-state index in [0.29, 0.717) is 18.3 Å². The molecular weight excluding hydrogens is 254 g/mol. The molecular formula is C14H23N5O. The lowest BCUT2D eigenvalue weighted by Gasteiger charge is -2.38. The summed E-state index contributed by atoms with van der Waals surface area (Å²) in [7, 11) is 0. The molecule has 6 nitrogen and oxygen atoms in total. The van der Waals surface area contributed by atoms with Gasteiger partial charge in [-0.2, -0.15) is 0 Å². The second kappa shape index (κ2) is 4.86. The Hall–Kier alpha value is -1.40. The third-order valence-corrected chi connectivity index (χ3v) is 4.19. The van der Waals surface area contributed by atoms with Crippen LogP contribution in [-0.2, 0) is 0 Å². The summed E-state index contributed by atoms with van der Waals surface area (Å²) in [5.74, 6) is 8.55. The molecule has 0 amide bonds. The Morgan fingerprint density at radius 2 is 2.15 bits per heavy atom. The minimum Gasteiger partial charge on any atom is -0.388 e. The van der Waals surface area contributed by atoms with Crippen LogP contribution in [0.15, 0.2) is 0 Å². The molecule has 1 atom stereocenters. The summed E-state index contributed by atoms with van der Waals surface area (Å²) in [6.45, 7) is 5.39. The van der Waals surface area contributed by atoms with Gasteiger partial charge in [0.05, 0.1) is 5.60 Å². The molecule has 6 heteroatoms. The third kappa shape index (κ3) is 2.58. The average molecular weight is 277 g/mol. The number of nitrogens with two attached hydrogens (primary N) is 1. The summed E-state index contributed by atoms with van der Waals surface area (Å²) < 4.78 is 0. The molecule has 1 aromatic rings. The lowest BCUT2D eigenvalue weighted by atomic mass is 9.95. The van der Waals surface area contributed by atoms with Crippen molar-refractivity contribution < 1.29 is 5.11 Å². The molecule has 4 N–H and O–H groups in total. The average Bonchev–Trinajstić information content (AvgIpc) is 3.22. The van der Waals surface area contributed by atoms with Gasteiger partial charge >= 0.3 is 0 Å². The topological polar surface area (TPSA) is 87.3 Å². The van der Waals surface area contributed by atoms with Gasteiger partial charge in [-0.15, -0.1) is 0 Å². The van der Waals surface area contributed by atoms with Crippen LogP contribution in [0, 0.1) is 6.92 Å². The Kier molecular flexibility index (Phi) is 3.30. The van der Waals surface area contributed by atoms with E-state index in [1.807, 2.05) is 13.8 Å². The fourth-order valence-electron chi connectivity index (χ4n) is 2.90. The molecule has 2 heterocycles. The summed E-state index contributed by atoms with van der Waals surface area (Å²) in [5, 5.41) is 10.3. The monoisotopic (exact) mass is 277 g/mol. The third-order valence-electron chi connectivity index (χ3n) is 4.19. The zero-order chi connectivity index (χ0) is 14.3. The number of aromatic nitrogens is 2. The molecule has 1 saturated heterocycles. The number of aliphatic hydroxyl groups is 1. The van der Waals surface area contributed by atoms with E-state index in [1.54, 1.807) is 0 Å². The molecule has 0 spiro atoms. The predicted octanol–water partition coefficient (Wildman–Crippen LogP) is 1.30. The molecule has 1 saturated carbocycles. The first-order chi connectivity index (χ1) is 9.50. The van der Waals surface area contributed by atoms with Gasteiger partial charge in [0.1, 0.15) is 17.5 Å². The summed E-state index contributed by atoms with van der Waals surface area (Å²) in [6.07, 6.45) is 4.13. The fourth-order valence-corrected chi connectivity index (χ4v) is 2.90. The van der Waals surface area contributed by atoms with Crippen LogP contribution in [0.4, 0.5) is 11.6 Å². The number of piperidine rings is 1. The Morgan fingerprint density at radius 3 is 2.75 bits per heavy atom. The molecule has 0 aromatic carbocycles. The normalized spacial score (nSPS) is 26.7. The van der Waals surface area contributed by atoms with Gasteiger partial charge in [-0.1, -0.05) is 0 Å². The van der Waals surface area contributed by atoms with E-state index in [1.165, 1.54) is 0 Å². The molecule has 3 rings (SSSR count). The van der Waals surface area contributed by atoms with Crippen LogP contribution < -0.4 is 16.2 Å². The Balaban J connectivity index is 1.96. The summed E-state index contributed by atoms with van der Waals surface area (Å²) >= 11 is 0. The number of hydrogen-bond donors (Lipinski definition) is 3. The minimum absolute atomic E-state index is 0.478. The van der Waals surface area contributed by atoms with Crippen molar-refractivity contribution in [3.63, 3.8) is 0 Å². The van der Waals surface area contributed by atoms with Gasteiger partial charge in [0.15, 0.2) is 0 Å². The highest BCUT2D eigenvalue weighted by molar-refractivity contribution is 5.59. The van der Waals surface area contributed by atoms with Crippen molar-refractivity contribution in [1.29, 1.82) is 0 Å². The number of anilines is 2. The fraction of sp³-hybridized carbons (Fsp3) is 0.714. The van der Waals surface area contributed by atoms with Crippen LogP contribution in [0.5, 0.6) is 0 Å². The van der Waals surface area contributed by atoms with Crippen molar-refractivity contribution in [1.82, 2.24) is 9.97 Å². The number of nitrogen functional groups attached to an aromatic ring is 1. The Bertz CT molecular complexity index is 513. The Morgan fingerprint density at radius 1 is 1.40 bits per heavy atom. The van der Waals surface area contributed by atoms with Crippen LogP contribution in [0.1, 0.15) is 49.9 Å². The molecule has 0 bridgehead atoms. The second-order valence-corrected chi connectivity index (χ2v) is 6.32. The molecule has 2 aliphatic rings. The van der Waals surface area contributed by atoms with E-state index in [2.05, 4.69) is 15.3 Å². The van der Waals surface area contributed by atoms with Gasteiger partial charge in [0.2, 0.25) is 0 Å². The van der Waals surface area contributed by atoms with Gasteiger partial charge in [-0.3, -0.25) is 0 Å². The standard InChI is InChI=1S/C14H23N5O/c1-9-11(18-15)16-12(10-4-5-10)17-13(9)19-7-3-6-14(2,20)8-19/h10,20H,3-8,15H2,1-2H3,(H,16,17,18). The zero-order valence-corrected chi connectivity index (χ0v) is 12.2. The van der Waals surface area contributed by atoms with Crippen LogP contribution in [0.2, 0.25) is 0 Å². The maximum absolute atomic E-state index is 10.3. The van der Waals surface area contributed by atoms with Crippen LogP contribution in [0.3, 0.4) is 0 Å². The van der Waals surface area contributed by atoms with Crippen molar-refractivity contribution in [3.05, 3.63) is 11.4 Å². The van der Waals surface area contributed by atoms with E-state index in [4.69, 9.17) is 10.8 Å². The van der Waals surface area contributed by atoms with Crippen molar-refractivity contribution in [2.75, 3.05) is 23.4 Å². The number of hydrazine groups is 1. The van der Waals surface area contributed by atoms with Gasteiger partial charge in [-0.25, -0.2) is 15.8 Å². The SMILES string of the molecule is Cc1c(NN)nc(C2CC2)nc1N1CCCC(C)(O)C1. The summed E-state index contributed by atoms with van der Waals surface area (Å²) in [5.41, 5.74) is 2.98. The van der Waals surface area contributed by atoms with E-state index < -0.39 is 5.60 Å². The first-order valence-corrected chi connectivity index (χ1v) is 7.33. The molecule has 0 radical (unpaired) electrons. The Labute approximate surface area is 119 Å². The van der Waals surface area contributed by atoms with Crippen molar-refractivity contribution in [3.8, 4) is 0 Å². The van der Waals surface area contributed by atoms with E-state index in [9.17, 15) is 5.11 Å². The highest BCUT2D eigenvalue weighted by Gasteiger charge is 2.32. The highest BCUT2D eigenvalue weighted by Crippen LogP contribution is 2.40. The van der Waals surface area contributed by atoms with Gasteiger partial charge < -0.3 is 15.4 Å². The van der Waals surface area contributed by atoms with Crippen LogP contribution in [0.25, 0.3) is 0 Å². The highest BCUT2D eigenvalue weighted by atomic mass is 16.3. The second-order valence-electron chi connectivity index (χ2n) is 6.32.